The number of hydrogen-bond acceptors (Lipinski definition) is 4. The zero-order valence-electron chi connectivity index (χ0n) is 18.0. The van der Waals surface area contributed by atoms with Crippen LogP contribution in [0, 0.1) is 5.92 Å². The Balaban J connectivity index is 0.00000300. The first-order valence-electron chi connectivity index (χ1n) is 10.6. The number of halogens is 1. The fourth-order valence-corrected chi connectivity index (χ4v) is 3.98. The number of piperidine rings is 1. The summed E-state index contributed by atoms with van der Waals surface area (Å²) in [6.45, 7) is 11.3. The van der Waals surface area contributed by atoms with E-state index >= 15 is 0 Å². The summed E-state index contributed by atoms with van der Waals surface area (Å²) >= 11 is 0. The van der Waals surface area contributed by atoms with Gasteiger partial charge in [-0.25, -0.2) is 0 Å². The molecule has 9 heteroatoms. The Labute approximate surface area is 191 Å². The summed E-state index contributed by atoms with van der Waals surface area (Å²) in [7, 11) is 1.87. The number of nitrogens with zero attached hydrogens (tertiary/aromatic N) is 6. The molecule has 1 aromatic heterocycles. The monoisotopic (exact) mass is 517 g/mol. The predicted octanol–water partition coefficient (Wildman–Crippen LogP) is 1.77. The minimum Gasteiger partial charge on any atom is -0.357 e. The van der Waals surface area contributed by atoms with Gasteiger partial charge in [-0.05, 0) is 38.8 Å². The highest BCUT2D eigenvalue weighted by atomic mass is 127. The maximum absolute atomic E-state index is 12.7. The summed E-state index contributed by atoms with van der Waals surface area (Å²) < 4.78 is 1.73. The highest BCUT2D eigenvalue weighted by Gasteiger charge is 2.27. The molecule has 0 aliphatic carbocycles. The number of aliphatic imine (C=N–C) groups is 1. The largest absolute Gasteiger partial charge is 0.357 e. The second kappa shape index (κ2) is 11.7. The fraction of sp³-hybridized carbons (Fsp3) is 0.750. The summed E-state index contributed by atoms with van der Waals surface area (Å²) in [5.41, 5.74) is 0.865. The Morgan fingerprint density at radius 1 is 1.24 bits per heavy atom. The number of piperazine rings is 1. The van der Waals surface area contributed by atoms with E-state index in [2.05, 4.69) is 34.1 Å². The number of carbonyl (C=O) groups excluding carboxylic acids is 1. The van der Waals surface area contributed by atoms with E-state index in [1.54, 1.807) is 10.9 Å². The average Bonchev–Trinajstić information content (AvgIpc) is 3.12. The molecule has 1 unspecified atom stereocenters. The summed E-state index contributed by atoms with van der Waals surface area (Å²) in [6.07, 6.45) is 7.64. The van der Waals surface area contributed by atoms with Crippen molar-refractivity contribution in [2.45, 2.75) is 33.1 Å². The molecule has 0 saturated carbocycles. The third-order valence-corrected chi connectivity index (χ3v) is 5.43. The zero-order valence-corrected chi connectivity index (χ0v) is 20.3. The predicted molar refractivity (Wildman–Crippen MR) is 128 cm³/mol. The summed E-state index contributed by atoms with van der Waals surface area (Å²) in [4.78, 5) is 24.0. The van der Waals surface area contributed by atoms with E-state index in [0.29, 0.717) is 19.0 Å². The van der Waals surface area contributed by atoms with Crippen LogP contribution in [0.1, 0.15) is 33.1 Å². The molecule has 0 aromatic carbocycles. The van der Waals surface area contributed by atoms with Gasteiger partial charge in [0.2, 0.25) is 5.91 Å². The molecule has 2 saturated heterocycles. The van der Waals surface area contributed by atoms with E-state index in [1.165, 1.54) is 32.4 Å². The molecule has 0 spiro atoms. The van der Waals surface area contributed by atoms with E-state index in [-0.39, 0.29) is 29.9 Å². The number of likely N-dealkylation sites (tertiary alicyclic amines) is 1. The van der Waals surface area contributed by atoms with Crippen LogP contribution in [0.25, 0.3) is 0 Å². The molecule has 1 amide bonds. The Hall–Kier alpha value is -1.36. The number of nitrogens with one attached hydrogen (secondary N) is 1. The molecule has 3 rings (SSSR count). The van der Waals surface area contributed by atoms with Gasteiger partial charge in [-0.1, -0.05) is 13.3 Å². The Morgan fingerprint density at radius 2 is 2.00 bits per heavy atom. The fourth-order valence-electron chi connectivity index (χ4n) is 3.98. The van der Waals surface area contributed by atoms with Gasteiger partial charge < -0.3 is 20.0 Å². The lowest BCUT2D eigenvalue weighted by molar-refractivity contribution is -0.120. The van der Waals surface area contributed by atoms with Crippen LogP contribution in [0.3, 0.4) is 0 Å². The van der Waals surface area contributed by atoms with Crippen LogP contribution in [-0.2, 0) is 11.8 Å². The van der Waals surface area contributed by atoms with E-state index in [1.807, 2.05) is 18.1 Å². The number of hydrogen-bond donors (Lipinski definition) is 1. The van der Waals surface area contributed by atoms with Crippen molar-refractivity contribution in [2.75, 3.05) is 57.3 Å². The highest BCUT2D eigenvalue weighted by Crippen LogP contribution is 2.16. The highest BCUT2D eigenvalue weighted by molar-refractivity contribution is 14.0. The van der Waals surface area contributed by atoms with Crippen LogP contribution >= 0.6 is 24.0 Å². The number of aryl methyl sites for hydroxylation is 1. The third kappa shape index (κ3) is 6.84. The maximum Gasteiger partial charge on any atom is 0.246 e. The lowest BCUT2D eigenvalue weighted by atomic mass is 10.1. The van der Waals surface area contributed by atoms with E-state index in [0.717, 1.165) is 37.8 Å². The molecule has 2 aliphatic rings. The van der Waals surface area contributed by atoms with Crippen LogP contribution < -0.4 is 10.2 Å². The van der Waals surface area contributed by atoms with Crippen molar-refractivity contribution < 1.29 is 4.79 Å². The molecule has 2 fully saturated rings. The van der Waals surface area contributed by atoms with Gasteiger partial charge in [-0.3, -0.25) is 14.5 Å². The van der Waals surface area contributed by atoms with Crippen molar-refractivity contribution in [1.82, 2.24) is 24.9 Å². The van der Waals surface area contributed by atoms with Gasteiger partial charge in [0.1, 0.15) is 6.54 Å². The van der Waals surface area contributed by atoms with Gasteiger partial charge in [-0.15, -0.1) is 24.0 Å². The van der Waals surface area contributed by atoms with Gasteiger partial charge >= 0.3 is 0 Å². The number of guanidine groups is 1. The lowest BCUT2D eigenvalue weighted by Crippen LogP contribution is -2.55. The first-order chi connectivity index (χ1) is 13.6. The molecule has 1 N–H and O–H groups in total. The zero-order chi connectivity index (χ0) is 19.9. The van der Waals surface area contributed by atoms with Crippen molar-refractivity contribution >= 4 is 41.5 Å². The molecule has 0 radical (unpaired) electrons. The van der Waals surface area contributed by atoms with Crippen molar-refractivity contribution in [3.05, 3.63) is 12.4 Å². The minimum atomic E-state index is 0. The second-order valence-electron chi connectivity index (χ2n) is 8.00. The van der Waals surface area contributed by atoms with Crippen molar-refractivity contribution in [1.29, 1.82) is 0 Å². The van der Waals surface area contributed by atoms with Gasteiger partial charge in [0, 0.05) is 46.0 Å². The minimum absolute atomic E-state index is 0. The van der Waals surface area contributed by atoms with Gasteiger partial charge in [0.05, 0.1) is 11.9 Å². The molecular formula is C20H36IN7O. The lowest BCUT2D eigenvalue weighted by Gasteiger charge is -2.35. The summed E-state index contributed by atoms with van der Waals surface area (Å²) in [5.74, 6) is 1.46. The van der Waals surface area contributed by atoms with Crippen LogP contribution in [0.2, 0.25) is 0 Å². The first-order valence-corrected chi connectivity index (χ1v) is 10.6. The number of carbonyl (C=O) groups is 1. The topological polar surface area (TPSA) is 69.0 Å². The molecular weight excluding hydrogens is 481 g/mol. The van der Waals surface area contributed by atoms with Crippen LogP contribution in [0.4, 0.5) is 5.69 Å². The molecule has 1 aromatic rings. The third-order valence-electron chi connectivity index (χ3n) is 5.43. The van der Waals surface area contributed by atoms with E-state index < -0.39 is 0 Å². The number of rotatable bonds is 6. The van der Waals surface area contributed by atoms with Crippen molar-refractivity contribution in [2.24, 2.45) is 18.0 Å². The Morgan fingerprint density at radius 3 is 2.62 bits per heavy atom. The molecule has 2 aliphatic heterocycles. The molecule has 0 bridgehead atoms. The normalized spacial score (nSPS) is 19.8. The smallest absolute Gasteiger partial charge is 0.246 e. The van der Waals surface area contributed by atoms with Gasteiger partial charge in [0.15, 0.2) is 5.96 Å². The summed E-state index contributed by atoms with van der Waals surface area (Å²) in [6, 6.07) is 0. The SMILES string of the molecule is CCNC(=NCC(C)CN1CCCCC1)N1CCN(c2cnn(C)c2)C(=O)C1.I. The summed E-state index contributed by atoms with van der Waals surface area (Å²) in [5, 5.41) is 7.54. The van der Waals surface area contributed by atoms with Crippen LogP contribution in [-0.4, -0.2) is 83.8 Å². The molecule has 1 atom stereocenters. The Bertz CT molecular complexity index is 672. The van der Waals surface area contributed by atoms with Crippen LogP contribution in [0.15, 0.2) is 17.4 Å². The standard InChI is InChI=1S/C20H35N7O.HI/c1-4-21-20(22-12-17(2)14-25-8-6-5-7-9-25)26-10-11-27(19(28)16-26)18-13-23-24(3)15-18;/h13,15,17H,4-12,14,16H2,1-3H3,(H,21,22);1H. The van der Waals surface area contributed by atoms with Crippen molar-refractivity contribution in [3.63, 3.8) is 0 Å². The van der Waals surface area contributed by atoms with E-state index in [4.69, 9.17) is 4.99 Å². The quantitative estimate of drug-likeness (QED) is 0.354. The number of aromatic nitrogens is 2. The van der Waals surface area contributed by atoms with Crippen molar-refractivity contribution in [3.8, 4) is 0 Å². The molecule has 29 heavy (non-hydrogen) atoms. The molecule has 164 valence electrons. The number of amides is 1. The average molecular weight is 517 g/mol. The van der Waals surface area contributed by atoms with Crippen LogP contribution in [0.5, 0.6) is 0 Å². The molecule has 3 heterocycles. The molecule has 8 nitrogen and oxygen atoms in total. The van der Waals surface area contributed by atoms with E-state index in [9.17, 15) is 4.79 Å². The Kier molecular flexibility index (Phi) is 9.67. The maximum atomic E-state index is 12.7. The van der Waals surface area contributed by atoms with Gasteiger partial charge in [0.25, 0.3) is 0 Å². The van der Waals surface area contributed by atoms with Gasteiger partial charge in [-0.2, -0.15) is 5.10 Å². The first kappa shape index (κ1) is 23.9. The second-order valence-corrected chi connectivity index (χ2v) is 8.00. The number of anilines is 1.